The zero-order valence-electron chi connectivity index (χ0n) is 11.7. The number of alkyl halides is 3. The SMILES string of the molecule is CCCc1cc2ccc(C(C)C)cc2[s+]1C(F)(F)F.[Br-]. The van der Waals surface area contributed by atoms with Crippen molar-refractivity contribution in [2.24, 2.45) is 0 Å². The molecule has 0 saturated carbocycles. The van der Waals surface area contributed by atoms with Crippen LogP contribution in [0.3, 0.4) is 0 Å². The lowest BCUT2D eigenvalue weighted by molar-refractivity contribution is -0.0867. The molecule has 1 aromatic heterocycles. The molecule has 1 unspecified atom stereocenters. The Morgan fingerprint density at radius 1 is 1.15 bits per heavy atom. The summed E-state index contributed by atoms with van der Waals surface area (Å²) in [5, 5.41) is 0.744. The highest BCUT2D eigenvalue weighted by molar-refractivity contribution is 7.38. The topological polar surface area (TPSA) is 0 Å². The van der Waals surface area contributed by atoms with E-state index < -0.39 is 16.0 Å². The molecule has 0 fully saturated rings. The Morgan fingerprint density at radius 3 is 2.30 bits per heavy atom. The molecule has 0 saturated heterocycles. The standard InChI is InChI=1S/C15H18F3S.BrH/c1-4-5-13-8-12-7-6-11(10(2)3)9-14(12)19(13)15(16,17)18;/h6-10H,4-5H2,1-3H3;1H/q+1;/p-1. The Bertz CT molecular complexity index is 585. The highest BCUT2D eigenvalue weighted by Crippen LogP contribution is 2.51. The van der Waals surface area contributed by atoms with Crippen LogP contribution in [0.4, 0.5) is 13.2 Å². The predicted octanol–water partition coefficient (Wildman–Crippen LogP) is 3.15. The lowest BCUT2D eigenvalue weighted by atomic mass is 10.0. The summed E-state index contributed by atoms with van der Waals surface area (Å²) in [6.45, 7) is 5.92. The monoisotopic (exact) mass is 366 g/mol. The summed E-state index contributed by atoms with van der Waals surface area (Å²) in [5.74, 6) is 0.249. The van der Waals surface area contributed by atoms with E-state index in [0.717, 1.165) is 17.4 Å². The summed E-state index contributed by atoms with van der Waals surface area (Å²) in [7, 11) is -1.72. The molecule has 20 heavy (non-hydrogen) atoms. The number of hydrogen-bond donors (Lipinski definition) is 0. The van der Waals surface area contributed by atoms with Crippen LogP contribution in [0.15, 0.2) is 24.3 Å². The number of fused-ring (bicyclic) bond motifs is 1. The van der Waals surface area contributed by atoms with E-state index in [1.807, 2.05) is 32.9 Å². The molecule has 112 valence electrons. The number of rotatable bonds is 3. The van der Waals surface area contributed by atoms with Crippen LogP contribution in [0.2, 0.25) is 0 Å². The van der Waals surface area contributed by atoms with E-state index in [2.05, 4.69) is 0 Å². The molecule has 0 aliphatic heterocycles. The first-order chi connectivity index (χ1) is 8.84. The molecule has 0 amide bonds. The van der Waals surface area contributed by atoms with Crippen LogP contribution in [-0.2, 0) is 11.9 Å². The van der Waals surface area contributed by atoms with E-state index in [4.69, 9.17) is 0 Å². The fourth-order valence-corrected chi connectivity index (χ4v) is 4.37. The van der Waals surface area contributed by atoms with Gasteiger partial charge in [0.15, 0.2) is 9.58 Å². The minimum Gasteiger partial charge on any atom is -1.00 e. The van der Waals surface area contributed by atoms with Gasteiger partial charge in [-0.15, -0.1) is 13.2 Å². The summed E-state index contributed by atoms with van der Waals surface area (Å²) >= 11 is 0. The number of thiophene rings is 1. The van der Waals surface area contributed by atoms with Crippen molar-refractivity contribution in [1.29, 1.82) is 0 Å². The summed E-state index contributed by atoms with van der Waals surface area (Å²) in [6, 6.07) is 7.25. The van der Waals surface area contributed by atoms with Gasteiger partial charge in [-0.2, -0.15) is 0 Å². The number of hydrogen-bond acceptors (Lipinski definition) is 0. The number of aryl methyl sites for hydroxylation is 1. The summed E-state index contributed by atoms with van der Waals surface area (Å²) in [6.07, 6.45) is 1.27. The van der Waals surface area contributed by atoms with Crippen molar-refractivity contribution in [2.45, 2.75) is 45.0 Å². The van der Waals surface area contributed by atoms with Gasteiger partial charge in [0.05, 0.1) is 10.5 Å². The Balaban J connectivity index is 0.00000200. The van der Waals surface area contributed by atoms with Crippen molar-refractivity contribution < 1.29 is 30.2 Å². The molecule has 0 N–H and O–H groups in total. The second-order valence-electron chi connectivity index (χ2n) is 5.06. The van der Waals surface area contributed by atoms with Crippen LogP contribution in [0.25, 0.3) is 10.1 Å². The third kappa shape index (κ3) is 3.37. The lowest BCUT2D eigenvalue weighted by Crippen LogP contribution is -3.00. The molecule has 1 aromatic carbocycles. The Kier molecular flexibility index (Phi) is 5.67. The van der Waals surface area contributed by atoms with Crippen molar-refractivity contribution in [3.05, 3.63) is 34.7 Å². The Morgan fingerprint density at radius 2 is 1.80 bits per heavy atom. The van der Waals surface area contributed by atoms with E-state index in [1.165, 1.54) is 0 Å². The maximum absolute atomic E-state index is 13.3. The second kappa shape index (κ2) is 6.48. The zero-order valence-corrected chi connectivity index (χ0v) is 14.1. The molecule has 1 atom stereocenters. The maximum Gasteiger partial charge on any atom is 0.600 e. The van der Waals surface area contributed by atoms with Crippen molar-refractivity contribution in [1.82, 2.24) is 0 Å². The van der Waals surface area contributed by atoms with E-state index in [-0.39, 0.29) is 22.9 Å². The highest BCUT2D eigenvalue weighted by atomic mass is 79.9. The van der Waals surface area contributed by atoms with Crippen LogP contribution in [-0.4, -0.2) is 0 Å². The molecule has 2 aromatic rings. The van der Waals surface area contributed by atoms with Crippen molar-refractivity contribution in [2.75, 3.05) is 0 Å². The molecule has 0 radical (unpaired) electrons. The van der Waals surface area contributed by atoms with Crippen LogP contribution in [0.1, 0.15) is 43.6 Å². The fraction of sp³-hybridized carbons (Fsp3) is 0.467. The van der Waals surface area contributed by atoms with Gasteiger partial charge in [-0.05, 0) is 24.0 Å². The molecule has 5 heteroatoms. The minimum atomic E-state index is -4.16. The average molecular weight is 367 g/mol. The van der Waals surface area contributed by atoms with Crippen LogP contribution >= 0.6 is 10.5 Å². The normalized spacial score (nSPS) is 12.8. The molecule has 1 heterocycles. The van der Waals surface area contributed by atoms with Gasteiger partial charge in [-0.25, -0.2) is 0 Å². The Labute approximate surface area is 130 Å². The number of benzene rings is 1. The highest BCUT2D eigenvalue weighted by Gasteiger charge is 2.47. The molecule has 0 spiro atoms. The first-order valence-electron chi connectivity index (χ1n) is 6.50. The summed E-state index contributed by atoms with van der Waals surface area (Å²) in [5.41, 5.74) is -3.19. The van der Waals surface area contributed by atoms with Gasteiger partial charge in [0.2, 0.25) is 0 Å². The van der Waals surface area contributed by atoms with Gasteiger partial charge in [-0.1, -0.05) is 26.8 Å². The van der Waals surface area contributed by atoms with Crippen LogP contribution in [0, 0.1) is 0 Å². The quantitative estimate of drug-likeness (QED) is 0.732. The number of halogens is 4. The minimum absolute atomic E-state index is 0. The second-order valence-corrected chi connectivity index (χ2v) is 7.10. The molecule has 2 rings (SSSR count). The lowest BCUT2D eigenvalue weighted by Gasteiger charge is -2.04. The predicted molar refractivity (Wildman–Crippen MR) is 75.8 cm³/mol. The van der Waals surface area contributed by atoms with Gasteiger partial charge in [-0.3, -0.25) is 0 Å². The van der Waals surface area contributed by atoms with Crippen LogP contribution < -0.4 is 17.0 Å². The van der Waals surface area contributed by atoms with Crippen molar-refractivity contribution in [3.8, 4) is 0 Å². The largest absolute Gasteiger partial charge is 1.00 e. The Hall–Kier alpha value is -0.550. The van der Waals surface area contributed by atoms with E-state index >= 15 is 0 Å². The zero-order chi connectivity index (χ0) is 14.2. The van der Waals surface area contributed by atoms with E-state index in [9.17, 15) is 13.2 Å². The average Bonchev–Trinajstić information content (AvgIpc) is 2.65. The molecule has 0 aliphatic carbocycles. The third-order valence-corrected chi connectivity index (χ3v) is 5.33. The van der Waals surface area contributed by atoms with Gasteiger partial charge in [0.1, 0.15) is 0 Å². The summed E-state index contributed by atoms with van der Waals surface area (Å²) < 4.78 is 40.4. The van der Waals surface area contributed by atoms with Crippen LogP contribution in [0.5, 0.6) is 0 Å². The van der Waals surface area contributed by atoms with Gasteiger partial charge in [0.25, 0.3) is 0 Å². The maximum atomic E-state index is 13.3. The molecular weight excluding hydrogens is 349 g/mol. The third-order valence-electron chi connectivity index (χ3n) is 3.23. The molecule has 0 aliphatic rings. The van der Waals surface area contributed by atoms with Crippen molar-refractivity contribution >= 4 is 20.6 Å². The van der Waals surface area contributed by atoms with Gasteiger partial charge < -0.3 is 17.0 Å². The first-order valence-corrected chi connectivity index (χ1v) is 7.72. The van der Waals surface area contributed by atoms with E-state index in [0.29, 0.717) is 16.0 Å². The van der Waals surface area contributed by atoms with E-state index in [1.54, 1.807) is 12.1 Å². The smallest absolute Gasteiger partial charge is 0.600 e. The molecule has 0 nitrogen and oxygen atoms in total. The first kappa shape index (κ1) is 17.5. The summed E-state index contributed by atoms with van der Waals surface area (Å²) in [4.78, 5) is 0.533. The van der Waals surface area contributed by atoms with Gasteiger partial charge >= 0.3 is 5.51 Å². The molecular formula is C15H18BrF3S. The molecule has 0 bridgehead atoms. The fourth-order valence-electron chi connectivity index (χ4n) is 2.27. The van der Waals surface area contributed by atoms with Crippen molar-refractivity contribution in [3.63, 3.8) is 0 Å². The van der Waals surface area contributed by atoms with Gasteiger partial charge in [0, 0.05) is 23.9 Å².